The number of benzene rings is 2. The molecule has 26 heavy (non-hydrogen) atoms. The van der Waals surface area contributed by atoms with Crippen molar-refractivity contribution in [3.63, 3.8) is 0 Å². The second-order valence-electron chi connectivity index (χ2n) is 6.29. The van der Waals surface area contributed by atoms with Gasteiger partial charge in [-0.15, -0.1) is 5.10 Å². The Morgan fingerprint density at radius 1 is 1.08 bits per heavy atom. The van der Waals surface area contributed by atoms with Crippen LogP contribution in [0.2, 0.25) is 0 Å². The molecular weight excluding hydrogens is 326 g/mol. The Bertz CT molecular complexity index is 832. The van der Waals surface area contributed by atoms with Gasteiger partial charge >= 0.3 is 0 Å². The van der Waals surface area contributed by atoms with E-state index < -0.39 is 0 Å². The predicted molar refractivity (Wildman–Crippen MR) is 99.8 cm³/mol. The van der Waals surface area contributed by atoms with Crippen LogP contribution < -0.4 is 5.32 Å². The number of hydrogen-bond acceptors (Lipinski definition) is 4. The Morgan fingerprint density at radius 3 is 2.38 bits per heavy atom. The Labute approximate surface area is 153 Å². The third-order valence-electron chi connectivity index (χ3n) is 4.45. The first-order chi connectivity index (χ1) is 12.7. The molecule has 6 heteroatoms. The van der Waals surface area contributed by atoms with E-state index in [1.807, 2.05) is 55.5 Å². The highest BCUT2D eigenvalue weighted by Crippen LogP contribution is 2.23. The summed E-state index contributed by atoms with van der Waals surface area (Å²) in [5.74, 6) is 0.807. The van der Waals surface area contributed by atoms with Gasteiger partial charge in [0.2, 0.25) is 5.91 Å². The van der Waals surface area contributed by atoms with Gasteiger partial charge in [0, 0.05) is 6.42 Å². The third-order valence-corrected chi connectivity index (χ3v) is 4.45. The minimum Gasteiger partial charge on any atom is -0.346 e. The third kappa shape index (κ3) is 4.14. The van der Waals surface area contributed by atoms with Crippen LogP contribution in [0.5, 0.6) is 0 Å². The average Bonchev–Trinajstić information content (AvgIpc) is 3.17. The summed E-state index contributed by atoms with van der Waals surface area (Å²) in [6.45, 7) is 4.00. The minimum absolute atomic E-state index is 0.00388. The minimum atomic E-state index is -0.286. The van der Waals surface area contributed by atoms with Gasteiger partial charge in [-0.25, -0.2) is 0 Å². The smallest absolute Gasteiger partial charge is 0.221 e. The molecule has 1 aromatic heterocycles. The summed E-state index contributed by atoms with van der Waals surface area (Å²) in [7, 11) is 0. The molecule has 0 saturated heterocycles. The molecule has 6 nitrogen and oxygen atoms in total. The van der Waals surface area contributed by atoms with E-state index in [1.54, 1.807) is 4.68 Å². The molecule has 0 bridgehead atoms. The van der Waals surface area contributed by atoms with Crippen LogP contribution in [0.1, 0.15) is 50.0 Å². The number of tetrazole rings is 1. The number of nitrogens with zero attached hydrogens (tertiary/aromatic N) is 4. The van der Waals surface area contributed by atoms with Gasteiger partial charge in [0.1, 0.15) is 0 Å². The van der Waals surface area contributed by atoms with E-state index in [0.29, 0.717) is 12.2 Å². The molecule has 2 atom stereocenters. The SMILES string of the molecule is CC[C@@H](CC(=O)N[C@@H](C)c1nnnn1-c1ccccc1)c1ccccc1. The molecule has 134 valence electrons. The van der Waals surface area contributed by atoms with Gasteiger partial charge in [0.15, 0.2) is 5.82 Å². The maximum atomic E-state index is 12.6. The number of rotatable bonds is 7. The number of para-hydroxylation sites is 1. The standard InChI is InChI=1S/C20H23N5O/c1-3-16(17-10-6-4-7-11-17)14-19(26)21-15(2)20-22-23-24-25(20)18-12-8-5-9-13-18/h4-13,15-16H,3,14H2,1-2H3,(H,21,26)/t15-,16-/m0/s1. The topological polar surface area (TPSA) is 72.7 Å². The summed E-state index contributed by atoms with van der Waals surface area (Å²) in [5.41, 5.74) is 2.05. The zero-order valence-corrected chi connectivity index (χ0v) is 15.0. The summed E-state index contributed by atoms with van der Waals surface area (Å²) in [6, 6.07) is 19.5. The first-order valence-electron chi connectivity index (χ1n) is 8.87. The lowest BCUT2D eigenvalue weighted by atomic mass is 9.93. The van der Waals surface area contributed by atoms with Crippen molar-refractivity contribution in [2.24, 2.45) is 0 Å². The number of carbonyl (C=O) groups is 1. The molecule has 0 aliphatic heterocycles. The van der Waals surface area contributed by atoms with Crippen LogP contribution in [0.3, 0.4) is 0 Å². The van der Waals surface area contributed by atoms with Gasteiger partial charge < -0.3 is 5.32 Å². The maximum Gasteiger partial charge on any atom is 0.221 e. The van der Waals surface area contributed by atoms with Crippen molar-refractivity contribution in [2.45, 2.75) is 38.6 Å². The molecule has 0 saturated carbocycles. The first-order valence-corrected chi connectivity index (χ1v) is 8.87. The Hall–Kier alpha value is -3.02. The number of hydrogen-bond donors (Lipinski definition) is 1. The second-order valence-corrected chi connectivity index (χ2v) is 6.29. The lowest BCUT2D eigenvalue weighted by Gasteiger charge is -2.18. The second kappa shape index (κ2) is 8.38. The van der Waals surface area contributed by atoms with E-state index in [4.69, 9.17) is 0 Å². The zero-order chi connectivity index (χ0) is 18.4. The van der Waals surface area contributed by atoms with Crippen LogP contribution in [0, 0.1) is 0 Å². The lowest BCUT2D eigenvalue weighted by Crippen LogP contribution is -2.29. The molecule has 3 rings (SSSR count). The molecule has 1 amide bonds. The van der Waals surface area contributed by atoms with Crippen molar-refractivity contribution >= 4 is 5.91 Å². The molecule has 2 aromatic carbocycles. The molecule has 0 unspecified atom stereocenters. The van der Waals surface area contributed by atoms with Gasteiger partial charge in [0.25, 0.3) is 0 Å². The van der Waals surface area contributed by atoms with Crippen molar-refractivity contribution in [1.29, 1.82) is 0 Å². The Kier molecular flexibility index (Phi) is 5.73. The fourth-order valence-corrected chi connectivity index (χ4v) is 3.03. The van der Waals surface area contributed by atoms with Crippen LogP contribution in [-0.4, -0.2) is 26.1 Å². The molecule has 3 aromatic rings. The van der Waals surface area contributed by atoms with E-state index >= 15 is 0 Å². The highest BCUT2D eigenvalue weighted by atomic mass is 16.1. The van der Waals surface area contributed by atoms with Gasteiger partial charge in [-0.05, 0) is 47.4 Å². The molecule has 0 spiro atoms. The molecular formula is C20H23N5O. The van der Waals surface area contributed by atoms with Gasteiger partial charge in [-0.2, -0.15) is 4.68 Å². The number of carbonyl (C=O) groups excluding carboxylic acids is 1. The number of nitrogens with one attached hydrogen (secondary N) is 1. The fourth-order valence-electron chi connectivity index (χ4n) is 3.03. The maximum absolute atomic E-state index is 12.6. The van der Waals surface area contributed by atoms with E-state index in [0.717, 1.165) is 12.1 Å². The summed E-state index contributed by atoms with van der Waals surface area (Å²) in [5, 5.41) is 14.9. The predicted octanol–water partition coefficient (Wildman–Crippen LogP) is 3.42. The summed E-state index contributed by atoms with van der Waals surface area (Å²) < 4.78 is 1.65. The van der Waals surface area contributed by atoms with Gasteiger partial charge in [-0.1, -0.05) is 55.5 Å². The van der Waals surface area contributed by atoms with Crippen molar-refractivity contribution in [3.05, 3.63) is 72.1 Å². The monoisotopic (exact) mass is 349 g/mol. The van der Waals surface area contributed by atoms with E-state index in [9.17, 15) is 4.79 Å². The summed E-state index contributed by atoms with van der Waals surface area (Å²) in [6.07, 6.45) is 1.35. The van der Waals surface area contributed by atoms with Crippen molar-refractivity contribution in [1.82, 2.24) is 25.5 Å². The van der Waals surface area contributed by atoms with Crippen LogP contribution in [0.4, 0.5) is 0 Å². The van der Waals surface area contributed by atoms with Crippen molar-refractivity contribution in [3.8, 4) is 5.69 Å². The summed E-state index contributed by atoms with van der Waals surface area (Å²) >= 11 is 0. The fraction of sp³-hybridized carbons (Fsp3) is 0.300. The van der Waals surface area contributed by atoms with Crippen LogP contribution >= 0.6 is 0 Å². The van der Waals surface area contributed by atoms with Gasteiger partial charge in [-0.3, -0.25) is 4.79 Å². The van der Waals surface area contributed by atoms with Crippen LogP contribution in [0.15, 0.2) is 60.7 Å². The van der Waals surface area contributed by atoms with Crippen molar-refractivity contribution < 1.29 is 4.79 Å². The largest absolute Gasteiger partial charge is 0.346 e. The number of amides is 1. The van der Waals surface area contributed by atoms with E-state index in [1.165, 1.54) is 5.56 Å². The first kappa shape index (κ1) is 17.8. The number of aromatic nitrogens is 4. The highest BCUT2D eigenvalue weighted by molar-refractivity contribution is 5.77. The zero-order valence-electron chi connectivity index (χ0n) is 15.0. The molecule has 0 aliphatic carbocycles. The average molecular weight is 349 g/mol. The van der Waals surface area contributed by atoms with Crippen LogP contribution in [0.25, 0.3) is 5.69 Å². The lowest BCUT2D eigenvalue weighted by molar-refractivity contribution is -0.122. The molecule has 0 radical (unpaired) electrons. The van der Waals surface area contributed by atoms with E-state index in [-0.39, 0.29) is 17.9 Å². The van der Waals surface area contributed by atoms with Crippen LogP contribution in [-0.2, 0) is 4.79 Å². The highest BCUT2D eigenvalue weighted by Gasteiger charge is 2.20. The molecule has 1 N–H and O–H groups in total. The molecule has 1 heterocycles. The van der Waals surface area contributed by atoms with Crippen molar-refractivity contribution in [2.75, 3.05) is 0 Å². The van der Waals surface area contributed by atoms with E-state index in [2.05, 4.69) is 39.9 Å². The molecule has 0 fully saturated rings. The normalized spacial score (nSPS) is 13.2. The van der Waals surface area contributed by atoms with Gasteiger partial charge in [0.05, 0.1) is 11.7 Å². The Morgan fingerprint density at radius 2 is 1.73 bits per heavy atom. The Balaban J connectivity index is 1.68. The quantitative estimate of drug-likeness (QED) is 0.709. The summed E-state index contributed by atoms with van der Waals surface area (Å²) in [4.78, 5) is 12.6. The molecule has 0 aliphatic rings.